The number of thioether (sulfide) groups is 2. The predicted octanol–water partition coefficient (Wildman–Crippen LogP) is 8.24. The van der Waals surface area contributed by atoms with Crippen LogP contribution in [-0.2, 0) is 31.1 Å². The number of rotatable bonds is 15. The van der Waals surface area contributed by atoms with Crippen molar-refractivity contribution in [2.75, 3.05) is 24.7 Å². The lowest BCUT2D eigenvalue weighted by molar-refractivity contribution is -0.164. The Hall–Kier alpha value is -4.18. The Kier molecular flexibility index (Phi) is 15.6. The van der Waals surface area contributed by atoms with E-state index in [1.165, 1.54) is 0 Å². The van der Waals surface area contributed by atoms with E-state index in [0.29, 0.717) is 25.2 Å². The molecule has 0 amide bonds. The van der Waals surface area contributed by atoms with E-state index < -0.39 is 23.6 Å². The first kappa shape index (κ1) is 38.3. The maximum absolute atomic E-state index is 11.7. The van der Waals surface area contributed by atoms with Crippen LogP contribution in [0.3, 0.4) is 0 Å². The van der Waals surface area contributed by atoms with Gasteiger partial charge in [0.1, 0.15) is 0 Å². The van der Waals surface area contributed by atoms with Crippen LogP contribution in [0.25, 0.3) is 0 Å². The van der Waals surface area contributed by atoms with Gasteiger partial charge in [-0.3, -0.25) is 0 Å². The lowest BCUT2D eigenvalue weighted by Gasteiger charge is -2.25. The van der Waals surface area contributed by atoms with Gasteiger partial charge in [-0.15, -0.1) is 23.5 Å². The van der Waals surface area contributed by atoms with Crippen molar-refractivity contribution in [2.24, 2.45) is 0 Å². The molecule has 0 saturated heterocycles. The summed E-state index contributed by atoms with van der Waals surface area (Å²) in [6, 6.07) is 23.2. The molecule has 3 aromatic carbocycles. The van der Waals surface area contributed by atoms with Gasteiger partial charge in [-0.25, -0.2) is 9.59 Å². The van der Waals surface area contributed by atoms with Crippen LogP contribution in [-0.4, -0.2) is 53.0 Å². The molecule has 2 atom stereocenters. The lowest BCUT2D eigenvalue weighted by Crippen LogP contribution is -2.35. The average Bonchev–Trinajstić information content (AvgIpc) is 3.07. The molecule has 0 heterocycles. The standard InChI is InChI=1S/C40H42O6S2/c1-6-45-37(38(41)42)28-33-15-19-35(20-16-33)47-25-23-29(3)11-13-31-9-8-10-32(27-31)14-12-30(4)24-26-48-36-21-17-34(18-22-36)40(5,39(43)44)46-7-2/h8-10,15-24,27,37H,6-7,25-26,28H2,1-5H3,(H,41,42)(H,43,44). The van der Waals surface area contributed by atoms with Gasteiger partial charge in [0.2, 0.25) is 0 Å². The number of hydrogen-bond acceptors (Lipinski definition) is 6. The highest BCUT2D eigenvalue weighted by Crippen LogP contribution is 2.28. The van der Waals surface area contributed by atoms with Crippen molar-refractivity contribution in [3.8, 4) is 23.7 Å². The molecule has 8 heteroatoms. The van der Waals surface area contributed by atoms with Crippen molar-refractivity contribution >= 4 is 35.5 Å². The summed E-state index contributed by atoms with van der Waals surface area (Å²) in [6.45, 7) is 9.81. The third-order valence-electron chi connectivity index (χ3n) is 7.18. The van der Waals surface area contributed by atoms with Crippen molar-refractivity contribution in [2.45, 2.75) is 62.5 Å². The van der Waals surface area contributed by atoms with Gasteiger partial charge in [0.15, 0.2) is 11.7 Å². The predicted molar refractivity (Wildman–Crippen MR) is 195 cm³/mol. The van der Waals surface area contributed by atoms with Crippen LogP contribution in [0.4, 0.5) is 0 Å². The average molecular weight is 683 g/mol. The van der Waals surface area contributed by atoms with Gasteiger partial charge in [0.05, 0.1) is 0 Å². The first-order valence-corrected chi connectivity index (χ1v) is 17.7. The van der Waals surface area contributed by atoms with Gasteiger partial charge in [-0.05, 0) is 99.4 Å². The molecular formula is C40H42O6S2. The molecule has 0 bridgehead atoms. The molecule has 48 heavy (non-hydrogen) atoms. The Morgan fingerprint density at radius 2 is 1.33 bits per heavy atom. The van der Waals surface area contributed by atoms with Crippen LogP contribution in [0.5, 0.6) is 0 Å². The quantitative estimate of drug-likeness (QED) is 0.122. The smallest absolute Gasteiger partial charge is 0.340 e. The van der Waals surface area contributed by atoms with Gasteiger partial charge < -0.3 is 19.7 Å². The molecule has 3 aromatic rings. The van der Waals surface area contributed by atoms with Gasteiger partial charge in [-0.1, -0.05) is 66.2 Å². The molecule has 2 unspecified atom stereocenters. The second kappa shape index (κ2) is 19.6. The third-order valence-corrected chi connectivity index (χ3v) is 9.06. The molecule has 3 rings (SSSR count). The van der Waals surface area contributed by atoms with Crippen LogP contribution in [0.2, 0.25) is 0 Å². The number of carboxylic acid groups (broad SMARTS) is 2. The number of aliphatic carboxylic acids is 2. The molecule has 6 nitrogen and oxygen atoms in total. The molecule has 0 aliphatic rings. The Balaban J connectivity index is 1.50. The number of carbonyl (C=O) groups is 2. The molecule has 0 spiro atoms. The zero-order chi connectivity index (χ0) is 34.9. The summed E-state index contributed by atoms with van der Waals surface area (Å²) < 4.78 is 10.8. The van der Waals surface area contributed by atoms with E-state index >= 15 is 0 Å². The summed E-state index contributed by atoms with van der Waals surface area (Å²) in [6.07, 6.45) is 3.69. The van der Waals surface area contributed by atoms with E-state index in [1.807, 2.05) is 86.6 Å². The molecule has 0 saturated carbocycles. The van der Waals surface area contributed by atoms with Gasteiger partial charge in [-0.2, -0.15) is 0 Å². The fraction of sp³-hybridized carbons (Fsp3) is 0.300. The molecule has 2 N–H and O–H groups in total. The topological polar surface area (TPSA) is 93.1 Å². The van der Waals surface area contributed by atoms with Crippen LogP contribution in [0.15, 0.2) is 106 Å². The van der Waals surface area contributed by atoms with E-state index in [2.05, 4.69) is 35.8 Å². The molecule has 0 fully saturated rings. The van der Waals surface area contributed by atoms with E-state index in [-0.39, 0.29) is 0 Å². The molecule has 250 valence electrons. The number of benzene rings is 3. The van der Waals surface area contributed by atoms with Gasteiger partial charge in [0.25, 0.3) is 0 Å². The van der Waals surface area contributed by atoms with Crippen molar-refractivity contribution in [3.05, 3.63) is 118 Å². The lowest BCUT2D eigenvalue weighted by atomic mass is 9.96. The van der Waals surface area contributed by atoms with Crippen molar-refractivity contribution in [1.82, 2.24) is 0 Å². The Bertz CT molecular complexity index is 1720. The second-order valence-electron chi connectivity index (χ2n) is 10.9. The minimum absolute atomic E-state index is 0.314. The van der Waals surface area contributed by atoms with Crippen LogP contribution < -0.4 is 0 Å². The van der Waals surface area contributed by atoms with Crippen molar-refractivity contribution in [3.63, 3.8) is 0 Å². The summed E-state index contributed by atoms with van der Waals surface area (Å²) in [4.78, 5) is 25.2. The summed E-state index contributed by atoms with van der Waals surface area (Å²) >= 11 is 3.35. The van der Waals surface area contributed by atoms with Crippen LogP contribution in [0.1, 0.15) is 56.9 Å². The van der Waals surface area contributed by atoms with Crippen LogP contribution in [0, 0.1) is 23.7 Å². The van der Waals surface area contributed by atoms with Crippen LogP contribution >= 0.6 is 23.5 Å². The maximum atomic E-state index is 11.7. The SMILES string of the molecule is CCOC(Cc1ccc(SCC=C(C)C#Cc2cccc(C#CC(C)=CCSc3ccc(C(C)(OCC)C(=O)O)cc3)c2)cc1)C(=O)O. The number of ether oxygens (including phenoxy) is 2. The zero-order valence-electron chi connectivity index (χ0n) is 28.0. The van der Waals surface area contributed by atoms with E-state index in [0.717, 1.165) is 49.1 Å². The minimum Gasteiger partial charge on any atom is -0.479 e. The van der Waals surface area contributed by atoms with Gasteiger partial charge in [0, 0.05) is 52.1 Å². The molecule has 0 aromatic heterocycles. The molecule has 0 aliphatic carbocycles. The Labute approximate surface area is 293 Å². The van der Waals surface area contributed by atoms with Crippen molar-refractivity contribution in [1.29, 1.82) is 0 Å². The zero-order valence-corrected chi connectivity index (χ0v) is 29.7. The fourth-order valence-electron chi connectivity index (χ4n) is 4.43. The summed E-state index contributed by atoms with van der Waals surface area (Å²) in [5, 5.41) is 18.9. The number of hydrogen-bond donors (Lipinski definition) is 2. The molecular weight excluding hydrogens is 641 g/mol. The first-order valence-electron chi connectivity index (χ1n) is 15.7. The first-order chi connectivity index (χ1) is 23.0. The summed E-state index contributed by atoms with van der Waals surface area (Å²) in [5.41, 5.74) is 3.92. The Morgan fingerprint density at radius 1 is 0.812 bits per heavy atom. The summed E-state index contributed by atoms with van der Waals surface area (Å²) in [5.74, 6) is 12.5. The maximum Gasteiger partial charge on any atom is 0.340 e. The summed E-state index contributed by atoms with van der Waals surface area (Å²) in [7, 11) is 0. The normalized spacial score (nSPS) is 13.4. The highest BCUT2D eigenvalue weighted by molar-refractivity contribution is 7.99. The second-order valence-corrected chi connectivity index (χ2v) is 13.1. The van der Waals surface area contributed by atoms with Gasteiger partial charge >= 0.3 is 11.9 Å². The largest absolute Gasteiger partial charge is 0.479 e. The minimum atomic E-state index is -1.36. The monoisotopic (exact) mass is 682 g/mol. The Morgan fingerprint density at radius 3 is 1.79 bits per heavy atom. The highest BCUT2D eigenvalue weighted by atomic mass is 32.2. The highest BCUT2D eigenvalue weighted by Gasteiger charge is 2.35. The van der Waals surface area contributed by atoms with Crippen molar-refractivity contribution < 1.29 is 29.3 Å². The van der Waals surface area contributed by atoms with E-state index in [1.54, 1.807) is 44.3 Å². The number of carboxylic acids is 2. The molecule has 0 radical (unpaired) electrons. The third kappa shape index (κ3) is 12.4. The van der Waals surface area contributed by atoms with E-state index in [4.69, 9.17) is 9.47 Å². The number of allylic oxidation sites excluding steroid dienone is 2. The fourth-order valence-corrected chi connectivity index (χ4v) is 6.13. The van der Waals surface area contributed by atoms with E-state index in [9.17, 15) is 19.8 Å². The molecule has 0 aliphatic heterocycles.